The third-order valence-electron chi connectivity index (χ3n) is 1.52. The Bertz CT molecular complexity index is 131. The van der Waals surface area contributed by atoms with Crippen LogP contribution in [0.3, 0.4) is 0 Å². The molecule has 0 unspecified atom stereocenters. The fourth-order valence-corrected chi connectivity index (χ4v) is 5.82. The molecule has 104 valence electrons. The van der Waals surface area contributed by atoms with Gasteiger partial charge in [0, 0.05) is 0 Å². The first-order chi connectivity index (χ1) is 8.24. The van der Waals surface area contributed by atoms with E-state index < -0.39 is 20.0 Å². The first-order valence-electron chi connectivity index (χ1n) is 6.13. The van der Waals surface area contributed by atoms with Crippen molar-refractivity contribution in [3.63, 3.8) is 0 Å². The van der Waals surface area contributed by atoms with Crippen molar-refractivity contribution in [3.05, 3.63) is 0 Å². The quantitative estimate of drug-likeness (QED) is 0.303. The third-order valence-corrected chi connectivity index (χ3v) is 6.54. The van der Waals surface area contributed by atoms with Crippen molar-refractivity contribution in [2.45, 2.75) is 40.5 Å². The summed E-state index contributed by atoms with van der Waals surface area (Å²) in [7, 11) is 0. The van der Waals surface area contributed by atoms with Crippen LogP contribution in [0, 0.1) is 0 Å². The summed E-state index contributed by atoms with van der Waals surface area (Å²) >= 11 is -4.14. The Kier molecular flexibility index (Phi) is 12.0. The van der Waals surface area contributed by atoms with Gasteiger partial charge >= 0.3 is 109 Å². The number of rotatable bonds is 12. The fourth-order valence-electron chi connectivity index (χ4n) is 0.868. The minimum atomic E-state index is -4.14. The Morgan fingerprint density at radius 1 is 0.706 bits per heavy atom. The molecule has 0 aliphatic rings. The van der Waals surface area contributed by atoms with E-state index in [9.17, 15) is 0 Å². The Labute approximate surface area is 109 Å². The molecule has 0 rings (SSSR count). The molecular formula is C10H24O6Sn. The topological polar surface area (TPSA) is 55.4 Å². The molecule has 0 bridgehead atoms. The molecule has 0 aromatic heterocycles. The first-order valence-corrected chi connectivity index (χ1v) is 10.8. The molecule has 0 fully saturated rings. The van der Waals surface area contributed by atoms with Crippen molar-refractivity contribution in [1.29, 1.82) is 0 Å². The van der Waals surface area contributed by atoms with E-state index in [1.165, 1.54) is 0 Å². The summed E-state index contributed by atoms with van der Waals surface area (Å²) in [6.45, 7) is 9.43. The Hall–Kier alpha value is 0.559. The molecule has 0 amide bonds. The van der Waals surface area contributed by atoms with Gasteiger partial charge in [-0.3, -0.25) is 0 Å². The summed E-state index contributed by atoms with van der Waals surface area (Å²) in [4.78, 5) is 9.86. The summed E-state index contributed by atoms with van der Waals surface area (Å²) in [5.41, 5.74) is 0. The molecule has 0 radical (unpaired) electrons. The van der Waals surface area contributed by atoms with Gasteiger partial charge in [-0.25, -0.2) is 0 Å². The maximum absolute atomic E-state index is 5.58. The molecule has 7 heteroatoms. The molecule has 0 spiro atoms. The van der Waals surface area contributed by atoms with Crippen molar-refractivity contribution in [2.75, 3.05) is 26.4 Å². The second kappa shape index (κ2) is 11.6. The summed E-state index contributed by atoms with van der Waals surface area (Å²) in [5, 5.41) is 0. The molecule has 0 aromatic carbocycles. The van der Waals surface area contributed by atoms with Crippen molar-refractivity contribution in [3.8, 4) is 0 Å². The van der Waals surface area contributed by atoms with Gasteiger partial charge < -0.3 is 0 Å². The van der Waals surface area contributed by atoms with E-state index in [4.69, 9.17) is 22.4 Å². The zero-order chi connectivity index (χ0) is 13.0. The van der Waals surface area contributed by atoms with Crippen molar-refractivity contribution < 1.29 is 22.4 Å². The van der Waals surface area contributed by atoms with Crippen LogP contribution in [-0.2, 0) is 22.4 Å². The number of hydrogen-bond donors (Lipinski definition) is 0. The van der Waals surface area contributed by atoms with E-state index >= 15 is 0 Å². The summed E-state index contributed by atoms with van der Waals surface area (Å²) in [6, 6.07) is 0. The van der Waals surface area contributed by atoms with Gasteiger partial charge in [0.25, 0.3) is 0 Å². The summed E-state index contributed by atoms with van der Waals surface area (Å²) in [6.07, 6.45) is 1.69. The predicted molar refractivity (Wildman–Crippen MR) is 63.7 cm³/mol. The minimum absolute atomic E-state index is 0.402. The van der Waals surface area contributed by atoms with Gasteiger partial charge in [-0.1, -0.05) is 0 Å². The van der Waals surface area contributed by atoms with E-state index in [0.717, 1.165) is 12.8 Å². The van der Waals surface area contributed by atoms with E-state index in [0.29, 0.717) is 26.4 Å². The Morgan fingerprint density at radius 3 is 1.41 bits per heavy atom. The first kappa shape index (κ1) is 17.6. The zero-order valence-electron chi connectivity index (χ0n) is 11.2. The Morgan fingerprint density at radius 2 is 1.12 bits per heavy atom. The van der Waals surface area contributed by atoms with Crippen LogP contribution in [0.5, 0.6) is 0 Å². The Balaban J connectivity index is 4.39. The molecule has 17 heavy (non-hydrogen) atoms. The van der Waals surface area contributed by atoms with Crippen LogP contribution in [0.25, 0.3) is 0 Å². The van der Waals surface area contributed by atoms with Gasteiger partial charge in [0.15, 0.2) is 0 Å². The van der Waals surface area contributed by atoms with Gasteiger partial charge in [-0.2, -0.15) is 0 Å². The van der Waals surface area contributed by atoms with Crippen LogP contribution in [-0.4, -0.2) is 46.5 Å². The van der Waals surface area contributed by atoms with E-state index in [1.54, 1.807) is 0 Å². The molecule has 0 saturated carbocycles. The average Bonchev–Trinajstić information content (AvgIpc) is 2.37. The van der Waals surface area contributed by atoms with Crippen LogP contribution in [0.4, 0.5) is 0 Å². The van der Waals surface area contributed by atoms with Gasteiger partial charge in [0.2, 0.25) is 0 Å². The summed E-state index contributed by atoms with van der Waals surface area (Å²) < 4.78 is 21.6. The molecule has 0 saturated heterocycles. The van der Waals surface area contributed by atoms with Crippen LogP contribution >= 0.6 is 0 Å². The molecule has 6 nitrogen and oxygen atoms in total. The molecule has 0 heterocycles. The zero-order valence-corrected chi connectivity index (χ0v) is 14.0. The maximum atomic E-state index is 5.58. The second-order valence-electron chi connectivity index (χ2n) is 3.18. The standard InChI is InChI=1S/2C3H7O.2C2H6O2.Sn/c2*1-2-3-4;2*1-2-4-3;/h2*2-3H2,1H3;2*3H,2H2,1H3;/q2*-1;;;+4/p-2. The van der Waals surface area contributed by atoms with Crippen LogP contribution < -0.4 is 0 Å². The van der Waals surface area contributed by atoms with E-state index in [2.05, 4.69) is 0 Å². The van der Waals surface area contributed by atoms with Gasteiger partial charge in [-0.15, -0.1) is 0 Å². The van der Waals surface area contributed by atoms with E-state index in [1.807, 2.05) is 27.7 Å². The van der Waals surface area contributed by atoms with Crippen molar-refractivity contribution in [1.82, 2.24) is 0 Å². The molecule has 0 aliphatic heterocycles. The fraction of sp³-hybridized carbons (Fsp3) is 1.00. The normalized spacial score (nSPS) is 12.0. The van der Waals surface area contributed by atoms with Gasteiger partial charge in [-0.05, 0) is 0 Å². The second-order valence-corrected chi connectivity index (χ2v) is 8.63. The number of hydrogen-bond acceptors (Lipinski definition) is 6. The molecular weight excluding hydrogens is 335 g/mol. The predicted octanol–water partition coefficient (Wildman–Crippen LogP) is 2.21. The van der Waals surface area contributed by atoms with Crippen LogP contribution in [0.15, 0.2) is 0 Å². The molecule has 0 atom stereocenters. The molecule has 0 N–H and O–H groups in total. The van der Waals surface area contributed by atoms with Crippen LogP contribution in [0.2, 0.25) is 0 Å². The summed E-state index contributed by atoms with van der Waals surface area (Å²) in [5.74, 6) is 0. The van der Waals surface area contributed by atoms with Gasteiger partial charge in [0.1, 0.15) is 0 Å². The van der Waals surface area contributed by atoms with Gasteiger partial charge in [0.05, 0.1) is 0 Å². The average molecular weight is 359 g/mol. The van der Waals surface area contributed by atoms with Crippen LogP contribution in [0.1, 0.15) is 40.5 Å². The SMILES string of the molecule is CCC[O][Sn]([O]CCC)([O]OCC)[O]OCC. The van der Waals surface area contributed by atoms with Crippen molar-refractivity contribution >= 4 is 20.0 Å². The molecule has 0 aromatic rings. The third kappa shape index (κ3) is 8.30. The van der Waals surface area contributed by atoms with E-state index in [-0.39, 0.29) is 0 Å². The molecule has 0 aliphatic carbocycles. The monoisotopic (exact) mass is 360 g/mol. The van der Waals surface area contributed by atoms with Crippen molar-refractivity contribution in [2.24, 2.45) is 0 Å².